The molecule has 35 heavy (non-hydrogen) atoms. The lowest BCUT2D eigenvalue weighted by atomic mass is 9.93. The third-order valence-corrected chi connectivity index (χ3v) is 6.79. The zero-order chi connectivity index (χ0) is 24.7. The lowest BCUT2D eigenvalue weighted by molar-refractivity contribution is -0.141. The number of pyridine rings is 3. The second kappa shape index (κ2) is 9.11. The van der Waals surface area contributed by atoms with Gasteiger partial charge in [0.1, 0.15) is 10.8 Å². The Hall–Kier alpha value is -3.20. The highest BCUT2D eigenvalue weighted by atomic mass is 35.5. The molecule has 10 heteroatoms. The van der Waals surface area contributed by atoms with Crippen molar-refractivity contribution < 1.29 is 18.0 Å². The van der Waals surface area contributed by atoms with E-state index >= 15 is 0 Å². The topological polar surface area (TPSA) is 62.2 Å². The lowest BCUT2D eigenvalue weighted by Crippen LogP contribution is -2.49. The Kier molecular flexibility index (Phi) is 6.13. The summed E-state index contributed by atoms with van der Waals surface area (Å²) in [6, 6.07) is 7.95. The average molecular weight is 502 g/mol. The summed E-state index contributed by atoms with van der Waals surface area (Å²) in [5, 5.41) is 0.486. The summed E-state index contributed by atoms with van der Waals surface area (Å²) in [7, 11) is 0. The van der Waals surface area contributed by atoms with Gasteiger partial charge in [-0.3, -0.25) is 14.8 Å². The molecule has 3 aromatic rings. The molecule has 6 nitrogen and oxygen atoms in total. The van der Waals surface area contributed by atoms with Crippen LogP contribution in [0.3, 0.4) is 0 Å². The van der Waals surface area contributed by atoms with Crippen molar-refractivity contribution in [1.29, 1.82) is 0 Å². The molecular weight excluding hydrogens is 479 g/mol. The van der Waals surface area contributed by atoms with Crippen LogP contribution in [0.25, 0.3) is 11.3 Å². The van der Waals surface area contributed by atoms with Crippen LogP contribution in [-0.4, -0.2) is 45.4 Å². The number of carbonyl (C=O) groups excluding carboxylic acids is 1. The molecular formula is C25H23ClF3N5O. The van der Waals surface area contributed by atoms with Crippen molar-refractivity contribution in [1.82, 2.24) is 19.9 Å². The number of aromatic nitrogens is 3. The normalized spacial score (nSPS) is 16.1. The van der Waals surface area contributed by atoms with E-state index in [9.17, 15) is 18.0 Å². The van der Waals surface area contributed by atoms with Gasteiger partial charge in [0.2, 0.25) is 5.91 Å². The first kappa shape index (κ1) is 23.5. The molecule has 3 aromatic heterocycles. The van der Waals surface area contributed by atoms with Crippen LogP contribution in [0.2, 0.25) is 5.15 Å². The van der Waals surface area contributed by atoms with Gasteiger partial charge in [0, 0.05) is 74.3 Å². The van der Waals surface area contributed by atoms with E-state index in [1.807, 2.05) is 24.0 Å². The van der Waals surface area contributed by atoms with Crippen molar-refractivity contribution in [3.05, 3.63) is 70.4 Å². The molecule has 2 aliphatic rings. The van der Waals surface area contributed by atoms with Gasteiger partial charge in [0.05, 0.1) is 5.69 Å². The SMILES string of the molecule is Cc1cc(Cl)nc2c1CN(C(=O)CC1CN(c3ccnc(-c4ccnc(C(F)(F)F)c4)c3)C1)CC2. The van der Waals surface area contributed by atoms with Crippen LogP contribution in [0, 0.1) is 12.8 Å². The van der Waals surface area contributed by atoms with Crippen molar-refractivity contribution in [3.8, 4) is 11.3 Å². The van der Waals surface area contributed by atoms with Gasteiger partial charge in [-0.25, -0.2) is 4.98 Å². The van der Waals surface area contributed by atoms with Crippen LogP contribution >= 0.6 is 11.6 Å². The Balaban J connectivity index is 1.20. The fourth-order valence-electron chi connectivity index (χ4n) is 4.67. The standard InChI is InChI=1S/C25H23ClF3N5O/c1-15-8-23(26)32-20-4-7-33(14-19(15)20)24(35)9-16-12-34(13-16)18-3-6-30-21(11-18)17-2-5-31-22(10-17)25(27,28)29/h2-3,5-6,8,10-11,16H,4,7,9,12-14H2,1H3. The van der Waals surface area contributed by atoms with Gasteiger partial charge in [0.15, 0.2) is 0 Å². The number of anilines is 1. The Morgan fingerprint density at radius 3 is 2.69 bits per heavy atom. The second-order valence-electron chi connectivity index (χ2n) is 9.05. The molecule has 0 bridgehead atoms. The molecule has 0 aromatic carbocycles. The smallest absolute Gasteiger partial charge is 0.371 e. The molecule has 0 aliphatic carbocycles. The minimum absolute atomic E-state index is 0.126. The van der Waals surface area contributed by atoms with Crippen LogP contribution in [0.1, 0.15) is 28.9 Å². The van der Waals surface area contributed by atoms with E-state index in [0.717, 1.165) is 34.8 Å². The molecule has 5 rings (SSSR count). The van der Waals surface area contributed by atoms with Crippen LogP contribution < -0.4 is 4.90 Å². The highest BCUT2D eigenvalue weighted by molar-refractivity contribution is 6.29. The van der Waals surface area contributed by atoms with E-state index in [1.165, 1.54) is 6.07 Å². The highest BCUT2D eigenvalue weighted by Crippen LogP contribution is 2.33. The number of alkyl halides is 3. The number of fused-ring (bicyclic) bond motifs is 1. The van der Waals surface area contributed by atoms with Gasteiger partial charge in [-0.15, -0.1) is 0 Å². The van der Waals surface area contributed by atoms with Crippen LogP contribution in [0.4, 0.5) is 18.9 Å². The summed E-state index contributed by atoms with van der Waals surface area (Å²) in [5.74, 6) is 0.351. The third-order valence-electron chi connectivity index (χ3n) is 6.60. The van der Waals surface area contributed by atoms with E-state index in [-0.39, 0.29) is 11.8 Å². The number of carbonyl (C=O) groups is 1. The third kappa shape index (κ3) is 4.96. The van der Waals surface area contributed by atoms with Crippen LogP contribution in [-0.2, 0) is 23.9 Å². The number of amides is 1. The van der Waals surface area contributed by atoms with Crippen LogP contribution in [0.5, 0.6) is 0 Å². The van der Waals surface area contributed by atoms with E-state index in [1.54, 1.807) is 12.3 Å². The summed E-state index contributed by atoms with van der Waals surface area (Å²) in [6.07, 6.45) is -0.621. The summed E-state index contributed by atoms with van der Waals surface area (Å²) < 4.78 is 39.0. The number of rotatable bonds is 4. The zero-order valence-electron chi connectivity index (χ0n) is 19.0. The minimum atomic E-state index is -4.51. The minimum Gasteiger partial charge on any atom is -0.371 e. The molecule has 0 spiro atoms. The van der Waals surface area contributed by atoms with E-state index < -0.39 is 11.9 Å². The molecule has 5 heterocycles. The monoisotopic (exact) mass is 501 g/mol. The molecule has 0 N–H and O–H groups in total. The lowest BCUT2D eigenvalue weighted by Gasteiger charge is -2.42. The van der Waals surface area contributed by atoms with Gasteiger partial charge in [0.25, 0.3) is 0 Å². The van der Waals surface area contributed by atoms with Crippen LogP contribution in [0.15, 0.2) is 42.7 Å². The molecule has 0 saturated carbocycles. The molecule has 0 radical (unpaired) electrons. The molecule has 2 aliphatic heterocycles. The predicted octanol–water partition coefficient (Wildman–Crippen LogP) is 4.93. The molecule has 1 amide bonds. The van der Waals surface area contributed by atoms with Gasteiger partial charge in [-0.05, 0) is 48.4 Å². The Morgan fingerprint density at radius 2 is 1.91 bits per heavy atom. The predicted molar refractivity (Wildman–Crippen MR) is 126 cm³/mol. The molecule has 1 saturated heterocycles. The fraction of sp³-hybridized carbons (Fsp3) is 0.360. The highest BCUT2D eigenvalue weighted by Gasteiger charge is 2.34. The van der Waals surface area contributed by atoms with Gasteiger partial charge in [-0.2, -0.15) is 13.2 Å². The Bertz CT molecular complexity index is 1280. The van der Waals surface area contributed by atoms with E-state index in [2.05, 4.69) is 19.9 Å². The van der Waals surface area contributed by atoms with E-state index in [4.69, 9.17) is 11.6 Å². The van der Waals surface area contributed by atoms with Crippen molar-refractivity contribution in [2.45, 2.75) is 32.5 Å². The van der Waals surface area contributed by atoms with E-state index in [0.29, 0.717) is 55.4 Å². The molecule has 182 valence electrons. The number of aryl methyl sites for hydroxylation is 1. The molecule has 1 fully saturated rings. The second-order valence-corrected chi connectivity index (χ2v) is 9.44. The van der Waals surface area contributed by atoms with Gasteiger partial charge in [-0.1, -0.05) is 11.6 Å². The maximum absolute atomic E-state index is 13.0. The number of halogens is 4. The Labute approximate surface area is 205 Å². The number of hydrogen-bond acceptors (Lipinski definition) is 5. The van der Waals surface area contributed by atoms with Gasteiger partial charge < -0.3 is 9.80 Å². The number of hydrogen-bond donors (Lipinski definition) is 0. The van der Waals surface area contributed by atoms with Gasteiger partial charge >= 0.3 is 6.18 Å². The maximum Gasteiger partial charge on any atom is 0.433 e. The number of nitrogens with zero attached hydrogens (tertiary/aromatic N) is 5. The summed E-state index contributed by atoms with van der Waals surface area (Å²) in [4.78, 5) is 29.0. The van der Waals surface area contributed by atoms with Crippen molar-refractivity contribution in [2.75, 3.05) is 24.5 Å². The molecule has 0 atom stereocenters. The average Bonchev–Trinajstić information content (AvgIpc) is 2.80. The summed E-state index contributed by atoms with van der Waals surface area (Å²) in [5.41, 5.74) is 3.84. The van der Waals surface area contributed by atoms with Crippen molar-refractivity contribution in [3.63, 3.8) is 0 Å². The largest absolute Gasteiger partial charge is 0.433 e. The quantitative estimate of drug-likeness (QED) is 0.474. The first-order chi connectivity index (χ1) is 16.7. The van der Waals surface area contributed by atoms with Crippen molar-refractivity contribution >= 4 is 23.2 Å². The molecule has 0 unspecified atom stereocenters. The summed E-state index contributed by atoms with van der Waals surface area (Å²) >= 11 is 6.06. The first-order valence-corrected chi connectivity index (χ1v) is 11.7. The van der Waals surface area contributed by atoms with Crippen molar-refractivity contribution in [2.24, 2.45) is 5.92 Å². The fourth-order valence-corrected chi connectivity index (χ4v) is 4.94. The maximum atomic E-state index is 13.0. The Morgan fingerprint density at radius 1 is 1.14 bits per heavy atom. The zero-order valence-corrected chi connectivity index (χ0v) is 19.8. The summed E-state index contributed by atoms with van der Waals surface area (Å²) in [6.45, 7) is 4.59. The first-order valence-electron chi connectivity index (χ1n) is 11.3.